The van der Waals surface area contributed by atoms with Crippen molar-refractivity contribution in [3.05, 3.63) is 22.8 Å². The van der Waals surface area contributed by atoms with Crippen LogP contribution in [0.3, 0.4) is 0 Å². The molecule has 0 atom stereocenters. The molecule has 0 saturated carbocycles. The van der Waals surface area contributed by atoms with E-state index in [1.165, 1.54) is 0 Å². The first-order valence-electron chi connectivity index (χ1n) is 6.06. The normalized spacial score (nSPS) is 17.3. The van der Waals surface area contributed by atoms with Crippen molar-refractivity contribution in [2.75, 3.05) is 18.0 Å². The van der Waals surface area contributed by atoms with E-state index in [1.54, 1.807) is 4.90 Å². The number of aromatic nitrogens is 1. The lowest BCUT2D eigenvalue weighted by atomic mass is 9.96. The molecule has 1 aliphatic heterocycles. The highest BCUT2D eigenvalue weighted by Crippen LogP contribution is 2.33. The molecule has 0 aromatic carbocycles. The van der Waals surface area contributed by atoms with E-state index < -0.39 is 11.7 Å². The van der Waals surface area contributed by atoms with Crippen molar-refractivity contribution in [3.63, 3.8) is 0 Å². The molecule has 0 bridgehead atoms. The summed E-state index contributed by atoms with van der Waals surface area (Å²) in [6.45, 7) is 0.858. The molecule has 2 rings (SSSR count). The van der Waals surface area contributed by atoms with Crippen LogP contribution in [0, 0.1) is 5.92 Å². The van der Waals surface area contributed by atoms with E-state index in [2.05, 4.69) is 4.98 Å². The molecule has 110 valence electrons. The van der Waals surface area contributed by atoms with Crippen LogP contribution in [-0.2, 0) is 11.0 Å². The Morgan fingerprint density at radius 3 is 2.45 bits per heavy atom. The molecule has 0 spiro atoms. The number of piperidine rings is 1. The number of rotatable bonds is 2. The number of pyridine rings is 1. The molecule has 2 N–H and O–H groups in total. The van der Waals surface area contributed by atoms with Crippen LogP contribution in [0.25, 0.3) is 0 Å². The van der Waals surface area contributed by atoms with Gasteiger partial charge in [-0.15, -0.1) is 0 Å². The number of hydrogen-bond donors (Lipinski definition) is 1. The third kappa shape index (κ3) is 3.33. The topological polar surface area (TPSA) is 59.2 Å². The lowest BCUT2D eigenvalue weighted by molar-refractivity contribution is -0.137. The van der Waals surface area contributed by atoms with Crippen LogP contribution >= 0.6 is 11.6 Å². The van der Waals surface area contributed by atoms with Gasteiger partial charge < -0.3 is 10.6 Å². The van der Waals surface area contributed by atoms with Crippen molar-refractivity contribution in [3.8, 4) is 0 Å². The molecular formula is C12H13ClF3N3O. The summed E-state index contributed by atoms with van der Waals surface area (Å²) in [4.78, 5) is 16.7. The molecule has 8 heteroatoms. The highest BCUT2D eigenvalue weighted by Gasteiger charge is 2.32. The van der Waals surface area contributed by atoms with Crippen molar-refractivity contribution in [2.45, 2.75) is 19.0 Å². The van der Waals surface area contributed by atoms with Gasteiger partial charge in [-0.05, 0) is 25.0 Å². The van der Waals surface area contributed by atoms with Gasteiger partial charge in [0.2, 0.25) is 5.91 Å². The number of halogens is 4. The van der Waals surface area contributed by atoms with Crippen molar-refractivity contribution < 1.29 is 18.0 Å². The van der Waals surface area contributed by atoms with E-state index in [-0.39, 0.29) is 22.8 Å². The van der Waals surface area contributed by atoms with Crippen molar-refractivity contribution in [2.24, 2.45) is 11.7 Å². The molecule has 1 amide bonds. The second kappa shape index (κ2) is 5.47. The van der Waals surface area contributed by atoms with E-state index in [0.717, 1.165) is 12.1 Å². The second-order valence-corrected chi connectivity index (χ2v) is 5.09. The SMILES string of the molecule is NC(=O)C1CCN(c2cc(C(F)(F)F)cc(Cl)n2)CC1. The maximum Gasteiger partial charge on any atom is 0.416 e. The highest BCUT2D eigenvalue weighted by atomic mass is 35.5. The second-order valence-electron chi connectivity index (χ2n) is 4.70. The van der Waals surface area contributed by atoms with Crippen LogP contribution in [0.2, 0.25) is 5.15 Å². The Balaban J connectivity index is 2.18. The van der Waals surface area contributed by atoms with Crippen LogP contribution in [0.4, 0.5) is 19.0 Å². The predicted molar refractivity (Wildman–Crippen MR) is 68.4 cm³/mol. The summed E-state index contributed by atoms with van der Waals surface area (Å²) < 4.78 is 38.2. The molecule has 0 unspecified atom stereocenters. The number of carbonyl (C=O) groups is 1. The van der Waals surface area contributed by atoms with Crippen LogP contribution in [0.5, 0.6) is 0 Å². The van der Waals surface area contributed by atoms with Gasteiger partial charge in [-0.3, -0.25) is 4.79 Å². The quantitative estimate of drug-likeness (QED) is 0.854. The molecule has 0 radical (unpaired) electrons. The standard InChI is InChI=1S/C12H13ClF3N3O/c13-9-5-8(12(14,15)16)6-10(18-9)19-3-1-7(2-4-19)11(17)20/h5-7H,1-4H2,(H2,17,20). The maximum absolute atomic E-state index is 12.7. The van der Waals surface area contributed by atoms with Gasteiger partial charge in [0.1, 0.15) is 11.0 Å². The Morgan fingerprint density at radius 2 is 1.95 bits per heavy atom. The summed E-state index contributed by atoms with van der Waals surface area (Å²) in [6, 6.07) is 1.76. The van der Waals surface area contributed by atoms with Gasteiger partial charge in [0, 0.05) is 19.0 Å². The summed E-state index contributed by atoms with van der Waals surface area (Å²) in [6.07, 6.45) is -3.46. The van der Waals surface area contributed by atoms with Gasteiger partial charge in [0.25, 0.3) is 0 Å². The molecule has 1 fully saturated rings. The van der Waals surface area contributed by atoms with Crippen molar-refractivity contribution in [1.82, 2.24) is 4.98 Å². The number of primary amides is 1. The average Bonchev–Trinajstić information content (AvgIpc) is 2.37. The smallest absolute Gasteiger partial charge is 0.369 e. The monoisotopic (exact) mass is 307 g/mol. The number of carbonyl (C=O) groups excluding carboxylic acids is 1. The summed E-state index contributed by atoms with van der Waals surface area (Å²) in [7, 11) is 0. The third-order valence-corrected chi connectivity index (χ3v) is 3.52. The van der Waals surface area contributed by atoms with Gasteiger partial charge in [0.15, 0.2) is 0 Å². The Kier molecular flexibility index (Phi) is 4.08. The number of nitrogens with zero attached hydrogens (tertiary/aromatic N) is 2. The lowest BCUT2D eigenvalue weighted by Gasteiger charge is -2.31. The first kappa shape index (κ1) is 14.9. The Bertz CT molecular complexity index is 513. The fraction of sp³-hybridized carbons (Fsp3) is 0.500. The van der Waals surface area contributed by atoms with Gasteiger partial charge in [-0.1, -0.05) is 11.6 Å². The number of anilines is 1. The fourth-order valence-corrected chi connectivity index (χ4v) is 2.41. The van der Waals surface area contributed by atoms with Gasteiger partial charge in [-0.25, -0.2) is 4.98 Å². The molecule has 1 saturated heterocycles. The van der Waals surface area contributed by atoms with Gasteiger partial charge >= 0.3 is 6.18 Å². The first-order chi connectivity index (χ1) is 9.27. The zero-order chi connectivity index (χ0) is 14.9. The van der Waals surface area contributed by atoms with Crippen LogP contribution in [0.15, 0.2) is 12.1 Å². The molecule has 1 aliphatic rings. The average molecular weight is 308 g/mol. The number of amides is 1. The third-order valence-electron chi connectivity index (χ3n) is 3.33. The molecule has 2 heterocycles. The van der Waals surface area contributed by atoms with Crippen LogP contribution < -0.4 is 10.6 Å². The van der Waals surface area contributed by atoms with Gasteiger partial charge in [0.05, 0.1) is 5.56 Å². The zero-order valence-corrected chi connectivity index (χ0v) is 11.2. The molecule has 4 nitrogen and oxygen atoms in total. The number of hydrogen-bond acceptors (Lipinski definition) is 3. The fourth-order valence-electron chi connectivity index (χ4n) is 2.20. The summed E-state index contributed by atoms with van der Waals surface area (Å²) in [5.41, 5.74) is 4.38. The highest BCUT2D eigenvalue weighted by molar-refractivity contribution is 6.29. The molecule has 1 aromatic heterocycles. The minimum absolute atomic E-state index is 0.174. The van der Waals surface area contributed by atoms with Crippen LogP contribution in [-0.4, -0.2) is 24.0 Å². The molecular weight excluding hydrogens is 295 g/mol. The minimum atomic E-state index is -4.47. The van der Waals surface area contributed by atoms with Gasteiger partial charge in [-0.2, -0.15) is 13.2 Å². The zero-order valence-electron chi connectivity index (χ0n) is 10.5. The van der Waals surface area contributed by atoms with Crippen LogP contribution in [0.1, 0.15) is 18.4 Å². The van der Waals surface area contributed by atoms with E-state index in [9.17, 15) is 18.0 Å². The molecule has 20 heavy (non-hydrogen) atoms. The van der Waals surface area contributed by atoms with Crippen molar-refractivity contribution >= 4 is 23.3 Å². The van der Waals surface area contributed by atoms with E-state index in [4.69, 9.17) is 17.3 Å². The lowest BCUT2D eigenvalue weighted by Crippen LogP contribution is -2.39. The maximum atomic E-state index is 12.7. The predicted octanol–water partition coefficient (Wildman–Crippen LogP) is 2.46. The van der Waals surface area contributed by atoms with E-state index in [1.807, 2.05) is 0 Å². The minimum Gasteiger partial charge on any atom is -0.369 e. The number of nitrogens with two attached hydrogens (primary N) is 1. The molecule has 1 aromatic rings. The Hall–Kier alpha value is -1.50. The summed E-state index contributed by atoms with van der Waals surface area (Å²) in [5, 5.41) is -0.202. The Morgan fingerprint density at radius 1 is 1.35 bits per heavy atom. The largest absolute Gasteiger partial charge is 0.416 e. The molecule has 0 aliphatic carbocycles. The van der Waals surface area contributed by atoms with E-state index in [0.29, 0.717) is 25.9 Å². The first-order valence-corrected chi connectivity index (χ1v) is 6.44. The number of alkyl halides is 3. The summed E-state index contributed by atoms with van der Waals surface area (Å²) >= 11 is 5.64. The van der Waals surface area contributed by atoms with E-state index >= 15 is 0 Å². The summed E-state index contributed by atoms with van der Waals surface area (Å²) in [5.74, 6) is -0.431. The Labute approximate surface area is 118 Å². The van der Waals surface area contributed by atoms with Crippen molar-refractivity contribution in [1.29, 1.82) is 0 Å².